The molecule has 130 valence electrons. The van der Waals surface area contributed by atoms with Crippen LogP contribution in [0.3, 0.4) is 0 Å². The molecule has 7 heteroatoms. The first-order valence-corrected chi connectivity index (χ1v) is 8.69. The molecule has 0 aliphatic heterocycles. The van der Waals surface area contributed by atoms with Crippen LogP contribution in [0.25, 0.3) is 10.1 Å². The number of thiophene rings is 1. The van der Waals surface area contributed by atoms with E-state index in [2.05, 4.69) is 10.4 Å². The largest absolute Gasteiger partial charge is 0.477 e. The minimum Gasteiger partial charge on any atom is -0.477 e. The van der Waals surface area contributed by atoms with Crippen LogP contribution in [-0.4, -0.2) is 26.8 Å². The van der Waals surface area contributed by atoms with Crippen LogP contribution in [0.4, 0.5) is 0 Å². The number of carboxylic acids is 1. The number of fused-ring (bicyclic) bond motifs is 1. The van der Waals surface area contributed by atoms with E-state index < -0.39 is 5.97 Å². The Kier molecular flexibility index (Phi) is 4.59. The van der Waals surface area contributed by atoms with Crippen molar-refractivity contribution in [2.75, 3.05) is 0 Å². The Hall–Kier alpha value is -2.67. The lowest BCUT2D eigenvalue weighted by atomic mass is 10.1. The highest BCUT2D eigenvalue weighted by molar-refractivity contribution is 7.21. The van der Waals surface area contributed by atoms with Crippen molar-refractivity contribution in [3.8, 4) is 0 Å². The van der Waals surface area contributed by atoms with Crippen LogP contribution in [0, 0.1) is 13.8 Å². The van der Waals surface area contributed by atoms with E-state index in [1.165, 1.54) is 11.3 Å². The Balaban J connectivity index is 1.79. The third-order valence-electron chi connectivity index (χ3n) is 4.35. The molecule has 0 fully saturated rings. The molecule has 0 atom stereocenters. The predicted molar refractivity (Wildman–Crippen MR) is 97.0 cm³/mol. The Bertz CT molecular complexity index is 972. The maximum Gasteiger partial charge on any atom is 0.346 e. The monoisotopic (exact) mass is 357 g/mol. The molecule has 25 heavy (non-hydrogen) atoms. The number of carbonyl (C=O) groups is 2. The average molecular weight is 357 g/mol. The quantitative estimate of drug-likeness (QED) is 0.735. The summed E-state index contributed by atoms with van der Waals surface area (Å²) in [5.41, 5.74) is 3.36. The highest BCUT2D eigenvalue weighted by Gasteiger charge is 2.19. The number of amides is 1. The lowest BCUT2D eigenvalue weighted by Crippen LogP contribution is -2.25. The molecular formula is C18H19N3O3S. The number of aryl methyl sites for hydroxylation is 2. The Labute approximate surface area is 149 Å². The normalized spacial score (nSPS) is 11.0. The maximum atomic E-state index is 12.3. The molecule has 0 spiro atoms. The van der Waals surface area contributed by atoms with Gasteiger partial charge in [0.15, 0.2) is 0 Å². The number of benzene rings is 1. The number of nitrogens with zero attached hydrogens (tertiary/aromatic N) is 2. The highest BCUT2D eigenvalue weighted by Crippen LogP contribution is 2.31. The molecule has 1 amide bonds. The van der Waals surface area contributed by atoms with Crippen LogP contribution in [0.2, 0.25) is 0 Å². The van der Waals surface area contributed by atoms with Gasteiger partial charge in [-0.05, 0) is 25.3 Å². The zero-order valence-corrected chi connectivity index (χ0v) is 15.1. The molecule has 0 saturated heterocycles. The smallest absolute Gasteiger partial charge is 0.346 e. The zero-order valence-electron chi connectivity index (χ0n) is 14.3. The summed E-state index contributed by atoms with van der Waals surface area (Å²) in [5, 5.41) is 17.5. The first-order valence-electron chi connectivity index (χ1n) is 7.88. The number of hydrogen-bond donors (Lipinski definition) is 2. The fourth-order valence-electron chi connectivity index (χ4n) is 2.93. The van der Waals surface area contributed by atoms with Crippen molar-refractivity contribution in [3.63, 3.8) is 0 Å². The van der Waals surface area contributed by atoms with Gasteiger partial charge in [-0.2, -0.15) is 5.10 Å². The second-order valence-corrected chi connectivity index (χ2v) is 6.99. The van der Waals surface area contributed by atoms with Gasteiger partial charge < -0.3 is 10.4 Å². The van der Waals surface area contributed by atoms with Crippen LogP contribution in [-0.2, 0) is 24.8 Å². The third kappa shape index (κ3) is 3.28. The first-order chi connectivity index (χ1) is 11.9. The van der Waals surface area contributed by atoms with E-state index in [-0.39, 0.29) is 23.7 Å². The van der Waals surface area contributed by atoms with E-state index in [1.54, 1.807) is 4.68 Å². The molecule has 6 nitrogen and oxygen atoms in total. The molecule has 1 aromatic carbocycles. The number of hydrogen-bond acceptors (Lipinski definition) is 4. The van der Waals surface area contributed by atoms with E-state index >= 15 is 0 Å². The maximum absolute atomic E-state index is 12.3. The Morgan fingerprint density at radius 2 is 1.96 bits per heavy atom. The van der Waals surface area contributed by atoms with Gasteiger partial charge in [-0.3, -0.25) is 9.48 Å². The van der Waals surface area contributed by atoms with Crippen molar-refractivity contribution in [1.29, 1.82) is 0 Å². The van der Waals surface area contributed by atoms with Crippen LogP contribution < -0.4 is 5.32 Å². The van der Waals surface area contributed by atoms with Gasteiger partial charge in [0.05, 0.1) is 12.1 Å². The molecular weight excluding hydrogens is 338 g/mol. The third-order valence-corrected chi connectivity index (χ3v) is 5.55. The second kappa shape index (κ2) is 6.68. The first kappa shape index (κ1) is 17.2. The molecule has 3 rings (SSSR count). The van der Waals surface area contributed by atoms with E-state index in [9.17, 15) is 14.7 Å². The van der Waals surface area contributed by atoms with E-state index in [1.807, 2.05) is 45.2 Å². The molecule has 0 bridgehead atoms. The van der Waals surface area contributed by atoms with Gasteiger partial charge in [0.2, 0.25) is 5.91 Å². The molecule has 2 aromatic heterocycles. The molecule has 0 unspecified atom stereocenters. The zero-order chi connectivity index (χ0) is 18.1. The highest BCUT2D eigenvalue weighted by atomic mass is 32.1. The average Bonchev–Trinajstić information content (AvgIpc) is 3.06. The number of nitrogens with one attached hydrogen (secondary N) is 1. The molecule has 2 N–H and O–H groups in total. The summed E-state index contributed by atoms with van der Waals surface area (Å²) in [4.78, 5) is 24.1. The molecule has 0 radical (unpaired) electrons. The summed E-state index contributed by atoms with van der Waals surface area (Å²) < 4.78 is 2.66. The van der Waals surface area contributed by atoms with Crippen molar-refractivity contribution in [1.82, 2.24) is 15.1 Å². The van der Waals surface area contributed by atoms with E-state index in [0.29, 0.717) is 5.56 Å². The number of aromatic carboxylic acids is 1. The number of aromatic nitrogens is 2. The van der Waals surface area contributed by atoms with Gasteiger partial charge in [-0.15, -0.1) is 11.3 Å². The van der Waals surface area contributed by atoms with Gasteiger partial charge in [0.1, 0.15) is 4.88 Å². The van der Waals surface area contributed by atoms with Crippen molar-refractivity contribution >= 4 is 33.3 Å². The number of carbonyl (C=O) groups excluding carboxylic acids is 1. The summed E-state index contributed by atoms with van der Waals surface area (Å²) in [6.45, 7) is 4.00. The van der Waals surface area contributed by atoms with Crippen molar-refractivity contribution in [2.45, 2.75) is 26.8 Å². The summed E-state index contributed by atoms with van der Waals surface area (Å²) >= 11 is 1.23. The van der Waals surface area contributed by atoms with Crippen molar-refractivity contribution < 1.29 is 14.7 Å². The number of carboxylic acid groups (broad SMARTS) is 1. The van der Waals surface area contributed by atoms with Gasteiger partial charge in [-0.25, -0.2) is 4.79 Å². The van der Waals surface area contributed by atoms with Crippen LogP contribution in [0.1, 0.15) is 32.2 Å². The van der Waals surface area contributed by atoms with E-state index in [0.717, 1.165) is 27.0 Å². The fraction of sp³-hybridized carbons (Fsp3) is 0.278. The SMILES string of the molecule is Cc1nn(C)c(C)c1CC(=O)NCc1c(C(=O)O)sc2ccccc12. The molecule has 0 aliphatic rings. The number of rotatable bonds is 5. The molecule has 2 heterocycles. The predicted octanol–water partition coefficient (Wildman–Crippen LogP) is 2.81. The minimum atomic E-state index is -0.968. The molecule has 3 aromatic rings. The lowest BCUT2D eigenvalue weighted by Gasteiger charge is -2.07. The van der Waals surface area contributed by atoms with Crippen molar-refractivity contribution in [2.24, 2.45) is 7.05 Å². The van der Waals surface area contributed by atoms with Crippen molar-refractivity contribution in [3.05, 3.63) is 51.7 Å². The lowest BCUT2D eigenvalue weighted by molar-refractivity contribution is -0.120. The van der Waals surface area contributed by atoms with Crippen LogP contribution >= 0.6 is 11.3 Å². The molecule has 0 saturated carbocycles. The fourth-order valence-corrected chi connectivity index (χ4v) is 3.99. The van der Waals surface area contributed by atoms with Gasteiger partial charge in [0.25, 0.3) is 0 Å². The van der Waals surface area contributed by atoms with Gasteiger partial charge in [-0.1, -0.05) is 18.2 Å². The topological polar surface area (TPSA) is 84.2 Å². The standard InChI is InChI=1S/C18H19N3O3S/c1-10-13(11(2)21(3)20-10)8-16(22)19-9-14-12-6-4-5-7-15(12)25-17(14)18(23)24/h4-7H,8-9H2,1-3H3,(H,19,22)(H,23,24). The van der Waals surface area contributed by atoms with E-state index in [4.69, 9.17) is 0 Å². The Morgan fingerprint density at radius 3 is 2.60 bits per heavy atom. The summed E-state index contributed by atoms with van der Waals surface area (Å²) in [6, 6.07) is 7.52. The van der Waals surface area contributed by atoms with Crippen LogP contribution in [0.15, 0.2) is 24.3 Å². The second-order valence-electron chi connectivity index (χ2n) is 5.94. The summed E-state index contributed by atoms with van der Waals surface area (Å²) in [6.07, 6.45) is 0.232. The minimum absolute atomic E-state index is 0.147. The summed E-state index contributed by atoms with van der Waals surface area (Å²) in [5.74, 6) is -1.12. The van der Waals surface area contributed by atoms with Gasteiger partial charge >= 0.3 is 5.97 Å². The van der Waals surface area contributed by atoms with Gasteiger partial charge in [0, 0.05) is 35.1 Å². The van der Waals surface area contributed by atoms with Crippen LogP contribution in [0.5, 0.6) is 0 Å². The summed E-state index contributed by atoms with van der Waals surface area (Å²) in [7, 11) is 1.85. The molecule has 0 aliphatic carbocycles. The Morgan fingerprint density at radius 1 is 1.24 bits per heavy atom.